The standard InChI is InChI=1S/C20H17N5O2S/c1-13-6-8-14(9-7-13)20(27)24-23-18(26)10-25-17-5-3-2-4-15(17)22-19(25)16-11-28-12-21-16/h2-9,11-12H,10H2,1H3,(H,23,26)(H,24,27). The number of benzene rings is 2. The number of hydrogen-bond acceptors (Lipinski definition) is 5. The smallest absolute Gasteiger partial charge is 0.269 e. The quantitative estimate of drug-likeness (QED) is 0.524. The van der Waals surface area contributed by atoms with Crippen LogP contribution in [0.5, 0.6) is 0 Å². The molecule has 0 aliphatic carbocycles. The van der Waals surface area contributed by atoms with Crippen LogP contribution in [0.1, 0.15) is 15.9 Å². The average Bonchev–Trinajstić information content (AvgIpc) is 3.35. The molecule has 0 aliphatic rings. The summed E-state index contributed by atoms with van der Waals surface area (Å²) in [6.45, 7) is 1.94. The van der Waals surface area contributed by atoms with Gasteiger partial charge in [0.05, 0.1) is 16.5 Å². The van der Waals surface area contributed by atoms with Crippen LogP contribution in [0.4, 0.5) is 0 Å². The molecule has 8 heteroatoms. The fraction of sp³-hybridized carbons (Fsp3) is 0.100. The van der Waals surface area contributed by atoms with Crippen molar-refractivity contribution >= 4 is 34.2 Å². The second kappa shape index (κ2) is 7.61. The lowest BCUT2D eigenvalue weighted by Gasteiger charge is -2.10. The lowest BCUT2D eigenvalue weighted by atomic mass is 10.1. The van der Waals surface area contributed by atoms with Crippen LogP contribution in [0.2, 0.25) is 0 Å². The third-order valence-corrected chi connectivity index (χ3v) is 4.83. The van der Waals surface area contributed by atoms with E-state index in [4.69, 9.17) is 0 Å². The SMILES string of the molecule is Cc1ccc(C(=O)NNC(=O)Cn2c(-c3cscn3)nc3ccccc32)cc1. The Bertz CT molecular complexity index is 1130. The second-order valence-corrected chi connectivity index (χ2v) is 6.97. The summed E-state index contributed by atoms with van der Waals surface area (Å²) in [5.74, 6) is -0.119. The highest BCUT2D eigenvalue weighted by atomic mass is 32.1. The normalized spacial score (nSPS) is 10.8. The summed E-state index contributed by atoms with van der Waals surface area (Å²) in [6.07, 6.45) is 0. The number of amides is 2. The van der Waals surface area contributed by atoms with Crippen molar-refractivity contribution in [1.29, 1.82) is 0 Å². The molecule has 0 unspecified atom stereocenters. The highest BCUT2D eigenvalue weighted by molar-refractivity contribution is 7.07. The summed E-state index contributed by atoms with van der Waals surface area (Å²) in [6, 6.07) is 14.7. The number of aromatic nitrogens is 3. The van der Waals surface area contributed by atoms with E-state index >= 15 is 0 Å². The van der Waals surface area contributed by atoms with E-state index in [0.29, 0.717) is 17.1 Å². The molecule has 2 aromatic heterocycles. The summed E-state index contributed by atoms with van der Waals surface area (Å²) in [7, 11) is 0. The van der Waals surface area contributed by atoms with E-state index in [2.05, 4.69) is 20.8 Å². The molecule has 0 saturated carbocycles. The minimum Gasteiger partial charge on any atom is -0.313 e. The van der Waals surface area contributed by atoms with Gasteiger partial charge in [0.2, 0.25) is 0 Å². The van der Waals surface area contributed by atoms with Gasteiger partial charge in [-0.25, -0.2) is 9.97 Å². The lowest BCUT2D eigenvalue weighted by molar-refractivity contribution is -0.122. The van der Waals surface area contributed by atoms with Crippen LogP contribution in [0.25, 0.3) is 22.6 Å². The maximum absolute atomic E-state index is 12.5. The lowest BCUT2D eigenvalue weighted by Crippen LogP contribution is -2.43. The van der Waals surface area contributed by atoms with E-state index in [9.17, 15) is 9.59 Å². The molecule has 4 aromatic rings. The number of thiazole rings is 1. The number of fused-ring (bicyclic) bond motifs is 1. The molecule has 2 aromatic carbocycles. The van der Waals surface area contributed by atoms with E-state index in [1.165, 1.54) is 11.3 Å². The van der Waals surface area contributed by atoms with Crippen LogP contribution < -0.4 is 10.9 Å². The average molecular weight is 391 g/mol. The first-order chi connectivity index (χ1) is 13.6. The van der Waals surface area contributed by atoms with Crippen LogP contribution in [-0.2, 0) is 11.3 Å². The van der Waals surface area contributed by atoms with Crippen molar-refractivity contribution in [3.63, 3.8) is 0 Å². The zero-order valence-corrected chi connectivity index (χ0v) is 15.9. The molecular formula is C20H17N5O2S. The third-order valence-electron chi connectivity index (χ3n) is 4.25. The van der Waals surface area contributed by atoms with Crippen molar-refractivity contribution < 1.29 is 9.59 Å². The van der Waals surface area contributed by atoms with Crippen LogP contribution in [-0.4, -0.2) is 26.3 Å². The monoisotopic (exact) mass is 391 g/mol. The number of para-hydroxylation sites is 2. The van der Waals surface area contributed by atoms with Crippen LogP contribution in [0.3, 0.4) is 0 Å². The van der Waals surface area contributed by atoms with Gasteiger partial charge in [0.15, 0.2) is 5.82 Å². The largest absolute Gasteiger partial charge is 0.313 e. The summed E-state index contributed by atoms with van der Waals surface area (Å²) in [5.41, 5.74) is 10.5. The molecule has 7 nitrogen and oxygen atoms in total. The maximum atomic E-state index is 12.5. The minimum absolute atomic E-state index is 0.00154. The van der Waals surface area contributed by atoms with Crippen molar-refractivity contribution in [1.82, 2.24) is 25.4 Å². The molecule has 4 rings (SSSR count). The number of hydrazine groups is 1. The molecule has 140 valence electrons. The Hall–Kier alpha value is -3.52. The van der Waals surface area contributed by atoms with Gasteiger partial charge in [-0.3, -0.25) is 20.4 Å². The van der Waals surface area contributed by atoms with Gasteiger partial charge in [-0.2, -0.15) is 0 Å². The number of carbonyl (C=O) groups excluding carboxylic acids is 2. The van der Waals surface area contributed by atoms with Gasteiger partial charge in [0.1, 0.15) is 12.2 Å². The number of hydrogen-bond donors (Lipinski definition) is 2. The molecule has 0 radical (unpaired) electrons. The molecule has 0 bridgehead atoms. The number of imidazole rings is 1. The van der Waals surface area contributed by atoms with Gasteiger partial charge in [0, 0.05) is 10.9 Å². The summed E-state index contributed by atoms with van der Waals surface area (Å²) < 4.78 is 1.79. The van der Waals surface area contributed by atoms with Gasteiger partial charge >= 0.3 is 0 Å². The Labute approximate surface area is 165 Å². The Kier molecular flexibility index (Phi) is 4.86. The van der Waals surface area contributed by atoms with Gasteiger partial charge in [-0.15, -0.1) is 11.3 Å². The number of nitrogens with zero attached hydrogens (tertiary/aromatic N) is 3. The van der Waals surface area contributed by atoms with Crippen molar-refractivity contribution in [3.8, 4) is 11.5 Å². The molecule has 0 saturated heterocycles. The van der Waals surface area contributed by atoms with Crippen molar-refractivity contribution in [2.45, 2.75) is 13.5 Å². The molecule has 2 heterocycles. The van der Waals surface area contributed by atoms with E-state index < -0.39 is 0 Å². The first-order valence-electron chi connectivity index (χ1n) is 8.61. The second-order valence-electron chi connectivity index (χ2n) is 6.25. The fourth-order valence-corrected chi connectivity index (χ4v) is 3.37. The Morgan fingerprint density at radius 1 is 1.07 bits per heavy atom. The van der Waals surface area contributed by atoms with Gasteiger partial charge in [-0.05, 0) is 31.2 Å². The Balaban J connectivity index is 1.51. The molecular weight excluding hydrogens is 374 g/mol. The Morgan fingerprint density at radius 3 is 2.61 bits per heavy atom. The Morgan fingerprint density at radius 2 is 1.86 bits per heavy atom. The summed E-state index contributed by atoms with van der Waals surface area (Å²) >= 11 is 1.46. The molecule has 2 N–H and O–H groups in total. The van der Waals surface area contributed by atoms with E-state index in [1.54, 1.807) is 22.2 Å². The zero-order chi connectivity index (χ0) is 19.5. The summed E-state index contributed by atoms with van der Waals surface area (Å²) in [5, 5.41) is 1.88. The highest BCUT2D eigenvalue weighted by Crippen LogP contribution is 2.24. The van der Waals surface area contributed by atoms with Gasteiger partial charge < -0.3 is 4.57 Å². The summed E-state index contributed by atoms with van der Waals surface area (Å²) in [4.78, 5) is 33.6. The number of aryl methyl sites for hydroxylation is 1. The molecule has 28 heavy (non-hydrogen) atoms. The number of carbonyl (C=O) groups is 2. The zero-order valence-electron chi connectivity index (χ0n) is 15.0. The van der Waals surface area contributed by atoms with Crippen LogP contribution in [0.15, 0.2) is 59.4 Å². The molecule has 0 fully saturated rings. The van der Waals surface area contributed by atoms with Gasteiger partial charge in [-0.1, -0.05) is 29.8 Å². The molecule has 0 spiro atoms. The van der Waals surface area contributed by atoms with Gasteiger partial charge in [0.25, 0.3) is 11.8 Å². The van der Waals surface area contributed by atoms with Crippen molar-refractivity contribution in [3.05, 3.63) is 70.5 Å². The molecule has 2 amide bonds. The van der Waals surface area contributed by atoms with Crippen molar-refractivity contribution in [2.75, 3.05) is 0 Å². The van der Waals surface area contributed by atoms with Crippen LogP contribution in [0, 0.1) is 6.92 Å². The van der Waals surface area contributed by atoms with E-state index in [0.717, 1.165) is 16.6 Å². The minimum atomic E-state index is -0.372. The highest BCUT2D eigenvalue weighted by Gasteiger charge is 2.16. The van der Waals surface area contributed by atoms with Crippen LogP contribution >= 0.6 is 11.3 Å². The fourth-order valence-electron chi connectivity index (χ4n) is 2.84. The topological polar surface area (TPSA) is 88.9 Å². The third kappa shape index (κ3) is 3.63. The number of rotatable bonds is 4. The predicted molar refractivity (Wildman–Crippen MR) is 108 cm³/mol. The first kappa shape index (κ1) is 17.9. The maximum Gasteiger partial charge on any atom is 0.269 e. The molecule has 0 aliphatic heterocycles. The first-order valence-corrected chi connectivity index (χ1v) is 9.56. The molecule has 0 atom stereocenters. The van der Waals surface area contributed by atoms with Crippen molar-refractivity contribution in [2.24, 2.45) is 0 Å². The van der Waals surface area contributed by atoms with E-state index in [-0.39, 0.29) is 18.4 Å². The number of nitrogens with one attached hydrogen (secondary N) is 2. The van der Waals surface area contributed by atoms with E-state index in [1.807, 2.05) is 48.7 Å². The predicted octanol–water partition coefficient (Wildman–Crippen LogP) is 2.93.